The van der Waals surface area contributed by atoms with Crippen LogP contribution in [0.2, 0.25) is 0 Å². The Labute approximate surface area is 50.3 Å². The van der Waals surface area contributed by atoms with E-state index in [0.29, 0.717) is 0 Å². The lowest BCUT2D eigenvalue weighted by molar-refractivity contribution is 0.108. The predicted molar refractivity (Wildman–Crippen MR) is 33.9 cm³/mol. The molecule has 0 aromatic rings. The van der Waals surface area contributed by atoms with Gasteiger partial charge in [0.25, 0.3) is 0 Å². The summed E-state index contributed by atoms with van der Waals surface area (Å²) in [4.78, 5) is 0. The van der Waals surface area contributed by atoms with Crippen molar-refractivity contribution in [3.8, 4) is 0 Å². The first kappa shape index (κ1) is 8.27. The van der Waals surface area contributed by atoms with Gasteiger partial charge in [-0.05, 0) is 0 Å². The van der Waals surface area contributed by atoms with E-state index in [2.05, 4.69) is 14.5 Å². The van der Waals surface area contributed by atoms with Gasteiger partial charge < -0.3 is 15.9 Å². The molecular weight excluding hydrogens is 127 g/mol. The van der Waals surface area contributed by atoms with Gasteiger partial charge in [-0.25, -0.2) is 0 Å². The minimum absolute atomic E-state index is 0.166. The Balaban J connectivity index is 3.35. The van der Waals surface area contributed by atoms with Gasteiger partial charge in [-0.1, -0.05) is 9.39 Å². The van der Waals surface area contributed by atoms with Crippen molar-refractivity contribution < 1.29 is 10.2 Å². The Morgan fingerprint density at radius 3 is 2.25 bits per heavy atom. The molecule has 0 rings (SSSR count). The van der Waals surface area contributed by atoms with Crippen LogP contribution in [-0.2, 0) is 0 Å². The quantitative estimate of drug-likeness (QED) is 0.269. The number of nitrogens with one attached hydrogen (secondary N) is 1. The molecule has 0 aliphatic rings. The lowest BCUT2D eigenvalue weighted by Crippen LogP contribution is -2.43. The van der Waals surface area contributed by atoms with Crippen molar-refractivity contribution in [3.05, 3.63) is 0 Å². The molecule has 0 aromatic carbocycles. The van der Waals surface area contributed by atoms with Crippen LogP contribution >= 0.6 is 9.39 Å². The van der Waals surface area contributed by atoms with Crippen molar-refractivity contribution >= 4 is 9.39 Å². The minimum Gasteiger partial charge on any atom is -0.395 e. The molecule has 0 radical (unpaired) electrons. The van der Waals surface area contributed by atoms with Gasteiger partial charge in [0, 0.05) is 0 Å². The fraction of sp³-hybridized carbons (Fsp3) is 1.00. The number of rotatable bonds is 3. The second-order valence-corrected chi connectivity index (χ2v) is 1.78. The summed E-state index contributed by atoms with van der Waals surface area (Å²) in [5.74, 6) is 0. The summed E-state index contributed by atoms with van der Waals surface area (Å²) in [6, 6.07) is -0.444. The molecule has 0 bridgehead atoms. The number of aliphatic hydroxyl groups excluding tert-OH is 2. The molecule has 0 saturated carbocycles. The summed E-state index contributed by atoms with van der Waals surface area (Å²) in [5, 5.41) is 19.5. The Kier molecular flexibility index (Phi) is 4.32. The molecule has 8 heavy (non-hydrogen) atoms. The van der Waals surface area contributed by atoms with Crippen LogP contribution in [0.15, 0.2) is 0 Å². The summed E-state index contributed by atoms with van der Waals surface area (Å²) in [6.45, 7) is -0.166. The normalized spacial score (nSPS) is 18.0. The molecule has 0 fully saturated rings. The molecule has 0 amide bonds. The molecular formula is C3H11N2O2P. The van der Waals surface area contributed by atoms with Crippen LogP contribution in [0.25, 0.3) is 0 Å². The van der Waals surface area contributed by atoms with Crippen molar-refractivity contribution in [3.63, 3.8) is 0 Å². The molecule has 0 aliphatic heterocycles. The van der Waals surface area contributed by atoms with E-state index >= 15 is 0 Å². The summed E-state index contributed by atoms with van der Waals surface area (Å²) < 4.78 is 0. The molecule has 0 aromatic heterocycles. The van der Waals surface area contributed by atoms with E-state index < -0.39 is 12.3 Å². The van der Waals surface area contributed by atoms with Crippen LogP contribution in [0.3, 0.4) is 0 Å². The van der Waals surface area contributed by atoms with Gasteiger partial charge in [0.2, 0.25) is 0 Å². The molecule has 5 heteroatoms. The summed E-state index contributed by atoms with van der Waals surface area (Å²) in [7, 11) is 2.16. The van der Waals surface area contributed by atoms with Crippen molar-refractivity contribution in [2.75, 3.05) is 6.61 Å². The predicted octanol–water partition coefficient (Wildman–Crippen LogP) is -2.00. The van der Waals surface area contributed by atoms with Crippen LogP contribution in [0.4, 0.5) is 0 Å². The average molecular weight is 138 g/mol. The molecule has 50 valence electrons. The molecule has 0 saturated heterocycles. The first-order chi connectivity index (χ1) is 3.72. The Hall–Kier alpha value is 0.270. The number of hydrogen-bond acceptors (Lipinski definition) is 4. The monoisotopic (exact) mass is 138 g/mol. The fourth-order valence-corrected chi connectivity index (χ4v) is 0.562. The average Bonchev–Trinajstić information content (AvgIpc) is 1.69. The van der Waals surface area contributed by atoms with E-state index in [4.69, 9.17) is 15.9 Å². The summed E-state index contributed by atoms with van der Waals surface area (Å²) >= 11 is 0. The largest absolute Gasteiger partial charge is 0.395 e. The lowest BCUT2D eigenvalue weighted by Gasteiger charge is -2.14. The van der Waals surface area contributed by atoms with Gasteiger partial charge in [-0.3, -0.25) is 5.09 Å². The zero-order valence-corrected chi connectivity index (χ0v) is 5.57. The number of nitrogens with two attached hydrogens (primary N) is 1. The minimum atomic E-state index is -1.00. The topological polar surface area (TPSA) is 78.5 Å². The van der Waals surface area contributed by atoms with E-state index in [-0.39, 0.29) is 6.61 Å². The molecule has 0 aliphatic carbocycles. The van der Waals surface area contributed by atoms with Gasteiger partial charge in [-0.15, -0.1) is 0 Å². The van der Waals surface area contributed by atoms with Gasteiger partial charge in [0.1, 0.15) is 6.23 Å². The number of hydrogen-bond donors (Lipinski definition) is 4. The summed E-state index contributed by atoms with van der Waals surface area (Å²) in [5.41, 5.74) is 4.98. The molecule has 3 unspecified atom stereocenters. The highest BCUT2D eigenvalue weighted by atomic mass is 31.0. The van der Waals surface area contributed by atoms with Crippen molar-refractivity contribution in [1.82, 2.24) is 5.09 Å². The Morgan fingerprint density at radius 2 is 2.25 bits per heavy atom. The maximum absolute atomic E-state index is 8.55. The number of aliphatic hydroxyl groups is 2. The first-order valence-corrected chi connectivity index (χ1v) is 2.80. The van der Waals surface area contributed by atoms with E-state index in [0.717, 1.165) is 0 Å². The summed E-state index contributed by atoms with van der Waals surface area (Å²) in [6.07, 6.45) is -1.00. The van der Waals surface area contributed by atoms with Crippen molar-refractivity contribution in [1.29, 1.82) is 0 Å². The SMILES string of the molecule is NC(O)C(CO)NP. The van der Waals surface area contributed by atoms with Crippen LogP contribution in [0.5, 0.6) is 0 Å². The fourth-order valence-electron chi connectivity index (χ4n) is 0.259. The third kappa shape index (κ3) is 2.55. The zero-order chi connectivity index (χ0) is 6.57. The molecule has 0 heterocycles. The molecule has 5 N–H and O–H groups in total. The highest BCUT2D eigenvalue weighted by Gasteiger charge is 2.09. The molecule has 0 spiro atoms. The highest BCUT2D eigenvalue weighted by Crippen LogP contribution is 1.86. The van der Waals surface area contributed by atoms with Gasteiger partial charge in [0.15, 0.2) is 0 Å². The van der Waals surface area contributed by atoms with E-state index in [1.54, 1.807) is 0 Å². The third-order valence-corrected chi connectivity index (χ3v) is 1.25. The lowest BCUT2D eigenvalue weighted by atomic mass is 10.3. The standard InChI is InChI=1S/C3H11N2O2P/c4-3(7)2(1-6)5-8/h2-3,5-7H,1,4,8H2. The van der Waals surface area contributed by atoms with Crippen molar-refractivity contribution in [2.45, 2.75) is 12.3 Å². The molecule has 3 atom stereocenters. The highest BCUT2D eigenvalue weighted by molar-refractivity contribution is 7.13. The van der Waals surface area contributed by atoms with Gasteiger partial charge >= 0.3 is 0 Å². The first-order valence-electron chi connectivity index (χ1n) is 2.23. The van der Waals surface area contributed by atoms with E-state index in [1.165, 1.54) is 0 Å². The maximum atomic E-state index is 8.55. The Morgan fingerprint density at radius 1 is 1.75 bits per heavy atom. The van der Waals surface area contributed by atoms with Gasteiger partial charge in [0.05, 0.1) is 12.6 Å². The second kappa shape index (κ2) is 4.18. The second-order valence-electron chi connectivity index (χ2n) is 1.45. The maximum Gasteiger partial charge on any atom is 0.120 e. The molecule has 4 nitrogen and oxygen atoms in total. The van der Waals surface area contributed by atoms with Crippen LogP contribution in [-0.4, -0.2) is 29.1 Å². The van der Waals surface area contributed by atoms with E-state index in [9.17, 15) is 0 Å². The Bertz CT molecular complexity index is 57.2. The van der Waals surface area contributed by atoms with Gasteiger partial charge in [-0.2, -0.15) is 0 Å². The van der Waals surface area contributed by atoms with Crippen LogP contribution < -0.4 is 10.8 Å². The van der Waals surface area contributed by atoms with Crippen LogP contribution in [0, 0.1) is 0 Å². The third-order valence-electron chi connectivity index (χ3n) is 0.823. The van der Waals surface area contributed by atoms with E-state index in [1.807, 2.05) is 0 Å². The van der Waals surface area contributed by atoms with Crippen LogP contribution in [0.1, 0.15) is 0 Å². The van der Waals surface area contributed by atoms with Crippen molar-refractivity contribution in [2.24, 2.45) is 5.73 Å². The smallest absolute Gasteiger partial charge is 0.120 e. The zero-order valence-electron chi connectivity index (χ0n) is 4.41.